The molecule has 0 radical (unpaired) electrons. The van der Waals surface area contributed by atoms with Crippen molar-refractivity contribution in [3.8, 4) is 34.1 Å². The zero-order chi connectivity index (χ0) is 23.7. The van der Waals surface area contributed by atoms with Crippen molar-refractivity contribution < 1.29 is 48.3 Å². The highest BCUT2D eigenvalue weighted by Crippen LogP contribution is 2.36. The first-order chi connectivity index (χ1) is 15.2. The maximum atomic E-state index is 11.8. The Bertz CT molecular complexity index is 1010. The van der Waals surface area contributed by atoms with Crippen LogP contribution in [0.3, 0.4) is 0 Å². The smallest absolute Gasteiger partial charge is 0.336 e. The molecule has 2 aromatic rings. The summed E-state index contributed by atoms with van der Waals surface area (Å²) < 4.78 is 18.8. The van der Waals surface area contributed by atoms with Crippen LogP contribution in [0.25, 0.3) is 11.1 Å². The molecular weight excluding hydrogens is 424 g/mol. The molecule has 2 aromatic carbocycles. The van der Waals surface area contributed by atoms with Gasteiger partial charge in [0, 0.05) is 24.3 Å². The standard InChI is InChI=1S/C22H18O10/c1-29-19(25)7-9-21(27)31-17-11-13(3-5-15(17)23)14-4-6-16(24)18(12-14)32-22(28)10-8-20(26)30-2/h3-12,23-24H,1-2H3/b9-7-,10-8-. The van der Waals surface area contributed by atoms with Gasteiger partial charge < -0.3 is 29.2 Å². The normalized spacial score (nSPS) is 10.7. The molecule has 0 bridgehead atoms. The van der Waals surface area contributed by atoms with E-state index in [9.17, 15) is 29.4 Å². The molecule has 0 aromatic heterocycles. The third kappa shape index (κ3) is 6.73. The van der Waals surface area contributed by atoms with E-state index in [0.29, 0.717) is 11.1 Å². The lowest BCUT2D eigenvalue weighted by Gasteiger charge is -2.10. The summed E-state index contributed by atoms with van der Waals surface area (Å²) in [6.07, 6.45) is 3.38. The Labute approximate surface area is 181 Å². The number of aromatic hydroxyl groups is 2. The molecule has 10 nitrogen and oxygen atoms in total. The van der Waals surface area contributed by atoms with Gasteiger partial charge in [-0.2, -0.15) is 0 Å². The predicted molar refractivity (Wildman–Crippen MR) is 109 cm³/mol. The van der Waals surface area contributed by atoms with Crippen LogP contribution in [-0.2, 0) is 28.7 Å². The van der Waals surface area contributed by atoms with E-state index in [1.165, 1.54) is 36.4 Å². The van der Waals surface area contributed by atoms with Crippen LogP contribution in [0, 0.1) is 0 Å². The first-order valence-corrected chi connectivity index (χ1v) is 8.85. The SMILES string of the molecule is COC(=O)/C=C\C(=O)Oc1cc(-c2ccc(O)c(OC(=O)/C=C\C(=O)OC)c2)ccc1O. The number of esters is 4. The fourth-order valence-corrected chi connectivity index (χ4v) is 2.24. The first kappa shape index (κ1) is 23.7. The van der Waals surface area contributed by atoms with Gasteiger partial charge in [0.25, 0.3) is 0 Å². The maximum absolute atomic E-state index is 11.8. The predicted octanol–water partition coefficient (Wildman–Crippen LogP) is 2.03. The van der Waals surface area contributed by atoms with E-state index < -0.39 is 23.9 Å². The van der Waals surface area contributed by atoms with E-state index >= 15 is 0 Å². The van der Waals surface area contributed by atoms with Gasteiger partial charge in [0.1, 0.15) is 0 Å². The molecule has 0 amide bonds. The van der Waals surface area contributed by atoms with Crippen LogP contribution < -0.4 is 9.47 Å². The van der Waals surface area contributed by atoms with Crippen LogP contribution in [-0.4, -0.2) is 48.3 Å². The summed E-state index contributed by atoms with van der Waals surface area (Å²) in [6, 6.07) is 8.17. The van der Waals surface area contributed by atoms with Crippen molar-refractivity contribution in [2.24, 2.45) is 0 Å². The molecular formula is C22H18O10. The zero-order valence-electron chi connectivity index (χ0n) is 16.9. The average molecular weight is 442 g/mol. The summed E-state index contributed by atoms with van der Waals surface area (Å²) in [5.41, 5.74) is 0.870. The van der Waals surface area contributed by atoms with E-state index in [0.717, 1.165) is 38.5 Å². The van der Waals surface area contributed by atoms with Gasteiger partial charge in [-0.15, -0.1) is 0 Å². The quantitative estimate of drug-likeness (QED) is 0.371. The summed E-state index contributed by atoms with van der Waals surface area (Å²) in [4.78, 5) is 45.8. The number of phenols is 2. The number of hydrogen-bond donors (Lipinski definition) is 2. The minimum atomic E-state index is -0.930. The van der Waals surface area contributed by atoms with Crippen LogP contribution in [0.2, 0.25) is 0 Å². The van der Waals surface area contributed by atoms with E-state index in [1.54, 1.807) is 0 Å². The highest BCUT2D eigenvalue weighted by Gasteiger charge is 2.13. The van der Waals surface area contributed by atoms with Gasteiger partial charge >= 0.3 is 23.9 Å². The molecule has 0 atom stereocenters. The zero-order valence-corrected chi connectivity index (χ0v) is 16.9. The van der Waals surface area contributed by atoms with E-state index in [2.05, 4.69) is 9.47 Å². The van der Waals surface area contributed by atoms with Crippen molar-refractivity contribution in [3.63, 3.8) is 0 Å². The van der Waals surface area contributed by atoms with E-state index in [1.807, 2.05) is 0 Å². The van der Waals surface area contributed by atoms with Crippen molar-refractivity contribution in [3.05, 3.63) is 60.7 Å². The molecule has 0 unspecified atom stereocenters. The summed E-state index contributed by atoms with van der Waals surface area (Å²) in [6.45, 7) is 0. The van der Waals surface area contributed by atoms with Gasteiger partial charge in [0.2, 0.25) is 0 Å². The Morgan fingerprint density at radius 1 is 0.625 bits per heavy atom. The molecule has 0 fully saturated rings. The number of carbonyl (C=O) groups is 4. The molecule has 0 spiro atoms. The number of methoxy groups -OCH3 is 2. The van der Waals surface area contributed by atoms with Crippen molar-refractivity contribution in [1.29, 1.82) is 0 Å². The Balaban J connectivity index is 2.25. The van der Waals surface area contributed by atoms with Gasteiger partial charge in [-0.05, 0) is 35.4 Å². The van der Waals surface area contributed by atoms with Crippen LogP contribution in [0.4, 0.5) is 0 Å². The van der Waals surface area contributed by atoms with Crippen LogP contribution >= 0.6 is 0 Å². The molecule has 166 valence electrons. The fraction of sp³-hybridized carbons (Fsp3) is 0.0909. The Kier molecular flexibility index (Phi) is 8.12. The topological polar surface area (TPSA) is 146 Å². The van der Waals surface area contributed by atoms with Crippen molar-refractivity contribution in [1.82, 2.24) is 0 Å². The van der Waals surface area contributed by atoms with E-state index in [-0.39, 0.29) is 23.0 Å². The highest BCUT2D eigenvalue weighted by atomic mass is 16.5. The molecule has 0 aliphatic carbocycles. The lowest BCUT2D eigenvalue weighted by molar-refractivity contribution is -0.136. The molecule has 0 aliphatic heterocycles. The molecule has 0 saturated heterocycles. The summed E-state index contributed by atoms with van der Waals surface area (Å²) in [7, 11) is 2.29. The van der Waals surface area contributed by atoms with Crippen molar-refractivity contribution in [2.75, 3.05) is 14.2 Å². The van der Waals surface area contributed by atoms with Gasteiger partial charge in [-0.1, -0.05) is 12.1 Å². The Hall–Kier alpha value is -4.60. The van der Waals surface area contributed by atoms with Crippen molar-refractivity contribution in [2.45, 2.75) is 0 Å². The lowest BCUT2D eigenvalue weighted by Crippen LogP contribution is -2.06. The summed E-state index contributed by atoms with van der Waals surface area (Å²) in [5.74, 6) is -4.45. The second-order valence-electron chi connectivity index (χ2n) is 5.92. The second-order valence-corrected chi connectivity index (χ2v) is 5.92. The Morgan fingerprint density at radius 2 is 0.969 bits per heavy atom. The number of benzene rings is 2. The van der Waals surface area contributed by atoms with Gasteiger partial charge in [0.15, 0.2) is 23.0 Å². The number of phenolic OH excluding ortho intramolecular Hbond substituents is 2. The second kappa shape index (κ2) is 11.0. The number of hydrogen-bond acceptors (Lipinski definition) is 10. The highest BCUT2D eigenvalue weighted by molar-refractivity contribution is 5.93. The third-order valence-electron chi connectivity index (χ3n) is 3.79. The fourth-order valence-electron chi connectivity index (χ4n) is 2.24. The van der Waals surface area contributed by atoms with Crippen LogP contribution in [0.5, 0.6) is 23.0 Å². The third-order valence-corrected chi connectivity index (χ3v) is 3.79. The molecule has 0 saturated carbocycles. The van der Waals surface area contributed by atoms with Crippen LogP contribution in [0.1, 0.15) is 0 Å². The number of rotatable bonds is 7. The van der Waals surface area contributed by atoms with Crippen molar-refractivity contribution >= 4 is 23.9 Å². The van der Waals surface area contributed by atoms with Gasteiger partial charge in [-0.25, -0.2) is 19.2 Å². The van der Waals surface area contributed by atoms with Gasteiger partial charge in [-0.3, -0.25) is 0 Å². The molecule has 2 rings (SSSR count). The summed E-state index contributed by atoms with van der Waals surface area (Å²) in [5, 5.41) is 19.9. The lowest BCUT2D eigenvalue weighted by atomic mass is 10.0. The minimum absolute atomic E-state index is 0.199. The maximum Gasteiger partial charge on any atom is 0.336 e. The average Bonchev–Trinajstić information content (AvgIpc) is 2.78. The van der Waals surface area contributed by atoms with Crippen LogP contribution in [0.15, 0.2) is 60.7 Å². The Morgan fingerprint density at radius 3 is 1.31 bits per heavy atom. The monoisotopic (exact) mass is 442 g/mol. The first-order valence-electron chi connectivity index (χ1n) is 8.85. The number of carbonyl (C=O) groups excluding carboxylic acids is 4. The number of ether oxygens (including phenoxy) is 4. The molecule has 10 heteroatoms. The largest absolute Gasteiger partial charge is 0.504 e. The molecule has 32 heavy (non-hydrogen) atoms. The molecule has 0 heterocycles. The van der Waals surface area contributed by atoms with Gasteiger partial charge in [0.05, 0.1) is 14.2 Å². The van der Waals surface area contributed by atoms with E-state index in [4.69, 9.17) is 9.47 Å². The summed E-state index contributed by atoms with van der Waals surface area (Å²) >= 11 is 0. The molecule has 2 N–H and O–H groups in total. The molecule has 0 aliphatic rings. The minimum Gasteiger partial charge on any atom is -0.504 e.